The number of rotatable bonds is 0. The summed E-state index contributed by atoms with van der Waals surface area (Å²) in [7, 11) is 0. The van der Waals surface area contributed by atoms with Gasteiger partial charge < -0.3 is 20.8 Å². The predicted molar refractivity (Wildman–Crippen MR) is 43.5 cm³/mol. The Hall–Kier alpha value is -0.760. The summed E-state index contributed by atoms with van der Waals surface area (Å²) in [6.45, 7) is 3.25. The molecule has 0 aliphatic heterocycles. The maximum absolute atomic E-state index is 9.00. The molecule has 0 atom stereocenters. The molecule has 0 aliphatic rings. The minimum absolute atomic E-state index is 0. The first-order valence-electron chi connectivity index (χ1n) is 2.78. The van der Waals surface area contributed by atoms with Crippen LogP contribution in [-0.2, 0) is 40.2 Å². The van der Waals surface area contributed by atoms with E-state index in [1.165, 1.54) is 0 Å². The van der Waals surface area contributed by atoms with Crippen molar-refractivity contribution in [3.05, 3.63) is 0 Å². The van der Waals surface area contributed by atoms with Crippen LogP contribution in [0.5, 0.6) is 0 Å². The number of carbonyl (C=O) groups is 3. The largest absolute Gasteiger partial charge is 3.00 e. The van der Waals surface area contributed by atoms with Gasteiger partial charge in [-0.3, -0.25) is 14.4 Å². The smallest absolute Gasteiger partial charge is 0.481 e. The molecule has 0 fully saturated rings. The molecule has 0 aromatic rings. The van der Waals surface area contributed by atoms with Gasteiger partial charge in [0, 0.05) is 20.8 Å². The molecule has 0 amide bonds. The summed E-state index contributed by atoms with van der Waals surface area (Å²) in [5.74, 6) is -2.50. The van der Waals surface area contributed by atoms with Gasteiger partial charge in [0.25, 0.3) is 17.9 Å². The number of aliphatic carboxylic acids is 3. The van der Waals surface area contributed by atoms with Crippen molar-refractivity contribution in [2.75, 3.05) is 0 Å². The van der Waals surface area contributed by atoms with Crippen molar-refractivity contribution in [1.82, 2.24) is 0 Å². The molecule has 0 spiro atoms. The van der Waals surface area contributed by atoms with Gasteiger partial charge in [-0.15, -0.1) is 0 Å². The van der Waals surface area contributed by atoms with E-state index < -0.39 is 17.9 Å². The second-order valence-electron chi connectivity index (χ2n) is 1.56. The first-order chi connectivity index (χ1) is 5.20. The first kappa shape index (κ1) is 29.2. The molecule has 0 heterocycles. The Morgan fingerprint density at radius 3 is 0.714 bits per heavy atom. The van der Waals surface area contributed by atoms with Crippen LogP contribution in [0.25, 0.3) is 0 Å². The summed E-state index contributed by atoms with van der Waals surface area (Å²) in [4.78, 5) is 27.0. The summed E-state index contributed by atoms with van der Waals surface area (Å²) in [5, 5.41) is 22.2. The molecule has 8 heteroatoms. The van der Waals surface area contributed by atoms with Crippen LogP contribution in [0.15, 0.2) is 0 Å². The maximum Gasteiger partial charge on any atom is 3.00 e. The molecule has 0 radical (unpaired) electrons. The average molecular weight is 243 g/mol. The third-order valence-electron chi connectivity index (χ3n) is 0. The Balaban J connectivity index is -0.0000000270. The second-order valence-corrected chi connectivity index (χ2v) is 1.56. The quantitative estimate of drug-likeness (QED) is 0.520. The Bertz CT molecular complexity index is 116. The van der Waals surface area contributed by atoms with Crippen LogP contribution in [0, 0.1) is 0 Å². The third kappa shape index (κ3) is 2040. The van der Waals surface area contributed by atoms with E-state index in [0.29, 0.717) is 0 Å². The fraction of sp³-hybridized carbons (Fsp3) is 0.500. The number of carboxylic acid groups (broad SMARTS) is 3. The van der Waals surface area contributed by atoms with E-state index in [-0.39, 0.29) is 31.3 Å². The Kier molecular flexibility index (Phi) is 47.5. The Labute approximate surface area is 99.8 Å². The summed E-state index contributed by atoms with van der Waals surface area (Å²) in [6.07, 6.45) is 0. The molecule has 14 heavy (non-hydrogen) atoms. The molecule has 0 bridgehead atoms. The van der Waals surface area contributed by atoms with Gasteiger partial charge in [0.05, 0.1) is 0 Å². The van der Waals surface area contributed by atoms with Gasteiger partial charge in [-0.1, -0.05) is 0 Å². The molecule has 0 rings (SSSR count). The summed E-state index contributed by atoms with van der Waals surface area (Å²) >= 11 is 0. The van der Waals surface area contributed by atoms with Gasteiger partial charge in [-0.25, -0.2) is 0 Å². The first-order valence-corrected chi connectivity index (χ1v) is 2.78. The van der Waals surface area contributed by atoms with Crippen LogP contribution in [0.1, 0.15) is 20.8 Å². The van der Waals surface area contributed by atoms with E-state index in [0.717, 1.165) is 20.8 Å². The van der Waals surface area contributed by atoms with Crippen LogP contribution in [0.3, 0.4) is 0 Å². The molecule has 5 N–H and O–H groups in total. The van der Waals surface area contributed by atoms with Gasteiger partial charge >= 0.3 is 25.8 Å². The van der Waals surface area contributed by atoms with Crippen LogP contribution in [-0.4, -0.2) is 38.7 Å². The zero-order valence-corrected chi connectivity index (χ0v) is 9.95. The minimum Gasteiger partial charge on any atom is -0.481 e. The molecule has 0 aliphatic carbocycles. The van der Waals surface area contributed by atoms with Gasteiger partial charge in [-0.2, -0.15) is 0 Å². The average Bonchev–Trinajstić information content (AvgIpc) is 1.54. The molecular formula is C6H14O7Sc+3. The van der Waals surface area contributed by atoms with Crippen LogP contribution < -0.4 is 0 Å². The minimum atomic E-state index is -0.833. The van der Waals surface area contributed by atoms with Gasteiger partial charge in [-0.05, 0) is 0 Å². The zero-order valence-electron chi connectivity index (χ0n) is 8.14. The number of hydrogen-bond acceptors (Lipinski definition) is 3. The van der Waals surface area contributed by atoms with Gasteiger partial charge in [0.2, 0.25) is 0 Å². The fourth-order valence-corrected chi connectivity index (χ4v) is 0. The van der Waals surface area contributed by atoms with Crippen molar-refractivity contribution < 1.29 is 61.0 Å². The van der Waals surface area contributed by atoms with E-state index in [9.17, 15) is 0 Å². The normalized spacial score (nSPS) is 5.36. The van der Waals surface area contributed by atoms with Crippen LogP contribution >= 0.6 is 0 Å². The Morgan fingerprint density at radius 2 is 0.714 bits per heavy atom. The molecule has 80 valence electrons. The molecule has 0 saturated carbocycles. The van der Waals surface area contributed by atoms with Crippen molar-refractivity contribution in [3.63, 3.8) is 0 Å². The van der Waals surface area contributed by atoms with Crippen molar-refractivity contribution in [1.29, 1.82) is 0 Å². The molecule has 0 aromatic heterocycles. The van der Waals surface area contributed by atoms with Crippen molar-refractivity contribution in [2.24, 2.45) is 0 Å². The van der Waals surface area contributed by atoms with E-state index in [4.69, 9.17) is 29.7 Å². The van der Waals surface area contributed by atoms with E-state index >= 15 is 0 Å². The van der Waals surface area contributed by atoms with Crippen molar-refractivity contribution in [2.45, 2.75) is 20.8 Å². The van der Waals surface area contributed by atoms with E-state index in [1.807, 2.05) is 0 Å². The molecule has 7 nitrogen and oxygen atoms in total. The van der Waals surface area contributed by atoms with Crippen molar-refractivity contribution >= 4 is 17.9 Å². The summed E-state index contributed by atoms with van der Waals surface area (Å²) in [5.41, 5.74) is 0. The molecule has 0 saturated heterocycles. The van der Waals surface area contributed by atoms with E-state index in [2.05, 4.69) is 0 Å². The maximum atomic E-state index is 9.00. The second kappa shape index (κ2) is 22.8. The topological polar surface area (TPSA) is 143 Å². The van der Waals surface area contributed by atoms with E-state index in [1.54, 1.807) is 0 Å². The number of carboxylic acids is 3. The van der Waals surface area contributed by atoms with Gasteiger partial charge in [0.15, 0.2) is 0 Å². The molecule has 0 aromatic carbocycles. The number of hydrogen-bond donors (Lipinski definition) is 3. The summed E-state index contributed by atoms with van der Waals surface area (Å²) < 4.78 is 0. The monoisotopic (exact) mass is 243 g/mol. The third-order valence-corrected chi connectivity index (χ3v) is 0. The zero-order chi connectivity index (χ0) is 10.7. The van der Waals surface area contributed by atoms with Crippen molar-refractivity contribution in [3.8, 4) is 0 Å². The van der Waals surface area contributed by atoms with Crippen LogP contribution in [0.4, 0.5) is 0 Å². The van der Waals surface area contributed by atoms with Gasteiger partial charge in [0.1, 0.15) is 0 Å². The summed E-state index contributed by atoms with van der Waals surface area (Å²) in [6, 6.07) is 0. The van der Waals surface area contributed by atoms with Crippen LogP contribution in [0.2, 0.25) is 0 Å². The standard InChI is InChI=1S/3C2H4O2.H2O.Sc/c3*1-2(3)4;;/h3*1H3,(H,3,4);1H2;/q;;;;+3. The SMILES string of the molecule is CC(=O)O.CC(=O)O.CC(=O)O.O.[Sc+3]. The molecular weight excluding hydrogens is 229 g/mol. The molecule has 0 unspecified atom stereocenters. The predicted octanol–water partition coefficient (Wildman–Crippen LogP) is -0.555. The Morgan fingerprint density at radius 1 is 0.714 bits per heavy atom. The fourth-order valence-electron chi connectivity index (χ4n) is 0.